The van der Waals surface area contributed by atoms with Gasteiger partial charge in [-0.25, -0.2) is 0 Å². The van der Waals surface area contributed by atoms with Gasteiger partial charge in [0.2, 0.25) is 0 Å². The number of carbonyl (C=O) groups excluding carboxylic acids is 1. The van der Waals surface area contributed by atoms with Gasteiger partial charge in [-0.15, -0.1) is 5.10 Å². The van der Waals surface area contributed by atoms with Gasteiger partial charge in [0, 0.05) is 12.1 Å². The van der Waals surface area contributed by atoms with Crippen molar-refractivity contribution in [1.29, 1.82) is 0 Å². The first-order valence-electron chi connectivity index (χ1n) is 9.66. The molecule has 1 aliphatic heterocycles. The Hall–Kier alpha value is -3.98. The Balaban J connectivity index is 1.64. The highest BCUT2D eigenvalue weighted by atomic mass is 32.2. The molecule has 2 aromatic carbocycles. The van der Waals surface area contributed by atoms with Crippen LogP contribution in [0.2, 0.25) is 0 Å². The van der Waals surface area contributed by atoms with E-state index in [9.17, 15) is 14.9 Å². The second-order valence-corrected chi connectivity index (χ2v) is 7.93. The Morgan fingerprint density at radius 2 is 2.00 bits per heavy atom. The minimum absolute atomic E-state index is 0.0426. The molecule has 2 heterocycles. The first-order chi connectivity index (χ1) is 15.5. The molecule has 0 unspecified atom stereocenters. The Labute approximate surface area is 188 Å². The fourth-order valence-corrected chi connectivity index (χ4v) is 3.97. The van der Waals surface area contributed by atoms with Crippen LogP contribution in [0.5, 0.6) is 0 Å². The van der Waals surface area contributed by atoms with Crippen LogP contribution in [0.25, 0.3) is 6.08 Å². The molecular weight excluding hydrogens is 428 g/mol. The largest absolute Gasteiger partial charge is 0.467 e. The number of furan rings is 1. The predicted molar refractivity (Wildman–Crippen MR) is 124 cm³/mol. The van der Waals surface area contributed by atoms with Gasteiger partial charge < -0.3 is 4.42 Å². The molecule has 0 atom stereocenters. The normalized spacial score (nSPS) is 16.5. The van der Waals surface area contributed by atoms with Crippen LogP contribution in [0.4, 0.5) is 5.69 Å². The third-order valence-electron chi connectivity index (χ3n) is 4.69. The van der Waals surface area contributed by atoms with Crippen LogP contribution in [-0.4, -0.2) is 27.1 Å². The van der Waals surface area contributed by atoms with Gasteiger partial charge in [-0.2, -0.15) is 5.10 Å². The lowest BCUT2D eigenvalue weighted by Crippen LogP contribution is -2.28. The van der Waals surface area contributed by atoms with Crippen molar-refractivity contribution in [3.8, 4) is 0 Å². The van der Waals surface area contributed by atoms with E-state index in [0.29, 0.717) is 21.4 Å². The summed E-state index contributed by atoms with van der Waals surface area (Å²) in [5.41, 5.74) is 2.50. The Bertz CT molecular complexity index is 1250. The van der Waals surface area contributed by atoms with Crippen molar-refractivity contribution in [2.24, 2.45) is 10.2 Å². The van der Waals surface area contributed by atoms with Gasteiger partial charge in [-0.3, -0.25) is 19.8 Å². The van der Waals surface area contributed by atoms with Gasteiger partial charge in [-0.1, -0.05) is 36.4 Å². The standard InChI is InChI=1S/C23H18N4O4S/c1-16-6-2-3-8-18(16)14-24-25-23-26(15-20-10-5-11-31-20)22(28)21(32-23)13-17-7-4-9-19(12-17)27(29)30/h2-14H,15H2,1H3/b21-13-,24-14+,25-23-. The molecule has 0 bridgehead atoms. The second-order valence-electron chi connectivity index (χ2n) is 6.92. The third-order valence-corrected chi connectivity index (χ3v) is 5.69. The summed E-state index contributed by atoms with van der Waals surface area (Å²) in [5, 5.41) is 19.9. The molecule has 1 aliphatic rings. The molecule has 1 aromatic heterocycles. The Kier molecular flexibility index (Phi) is 6.27. The van der Waals surface area contributed by atoms with Crippen LogP contribution in [-0.2, 0) is 11.3 Å². The average Bonchev–Trinajstić information content (AvgIpc) is 3.40. The van der Waals surface area contributed by atoms with Crippen molar-refractivity contribution in [3.05, 3.63) is 104 Å². The SMILES string of the molecule is Cc1ccccc1/C=N/N=C1\S/C(=C\c2cccc([N+](=O)[O-])c2)C(=O)N1Cc1ccco1. The maximum absolute atomic E-state index is 13.1. The summed E-state index contributed by atoms with van der Waals surface area (Å²) in [6, 6.07) is 17.4. The van der Waals surface area contributed by atoms with E-state index in [0.717, 1.165) is 22.9 Å². The number of hydrogen-bond donors (Lipinski definition) is 0. The fourth-order valence-electron chi connectivity index (χ4n) is 3.03. The fraction of sp³-hybridized carbons (Fsp3) is 0.0870. The molecule has 8 nitrogen and oxygen atoms in total. The highest BCUT2D eigenvalue weighted by Gasteiger charge is 2.34. The summed E-state index contributed by atoms with van der Waals surface area (Å²) in [6.07, 6.45) is 4.79. The van der Waals surface area contributed by atoms with E-state index in [1.165, 1.54) is 23.3 Å². The topological polar surface area (TPSA) is 101 Å². The molecule has 4 rings (SSSR count). The van der Waals surface area contributed by atoms with Gasteiger partial charge in [0.15, 0.2) is 5.17 Å². The highest BCUT2D eigenvalue weighted by Crippen LogP contribution is 2.34. The molecule has 160 valence electrons. The van der Waals surface area contributed by atoms with E-state index in [-0.39, 0.29) is 18.1 Å². The number of aryl methyl sites for hydroxylation is 1. The zero-order valence-electron chi connectivity index (χ0n) is 17.0. The lowest BCUT2D eigenvalue weighted by molar-refractivity contribution is -0.384. The number of nitro benzene ring substituents is 1. The number of rotatable bonds is 6. The van der Waals surface area contributed by atoms with Gasteiger partial charge >= 0.3 is 0 Å². The number of nitro groups is 1. The van der Waals surface area contributed by atoms with Crippen molar-refractivity contribution >= 4 is 40.8 Å². The van der Waals surface area contributed by atoms with Gasteiger partial charge in [-0.05, 0) is 53.6 Å². The van der Waals surface area contributed by atoms with E-state index < -0.39 is 4.92 Å². The first-order valence-corrected chi connectivity index (χ1v) is 10.5. The maximum Gasteiger partial charge on any atom is 0.270 e. The summed E-state index contributed by atoms with van der Waals surface area (Å²) in [6.45, 7) is 2.18. The van der Waals surface area contributed by atoms with Gasteiger partial charge in [0.1, 0.15) is 5.76 Å². The van der Waals surface area contributed by atoms with Gasteiger partial charge in [0.05, 0.1) is 28.9 Å². The molecule has 0 N–H and O–H groups in total. The van der Waals surface area contributed by atoms with Crippen molar-refractivity contribution < 1.29 is 14.1 Å². The monoisotopic (exact) mass is 446 g/mol. The number of amidine groups is 1. The van der Waals surface area contributed by atoms with E-state index in [2.05, 4.69) is 10.2 Å². The Morgan fingerprint density at radius 1 is 1.16 bits per heavy atom. The van der Waals surface area contributed by atoms with E-state index >= 15 is 0 Å². The number of amides is 1. The lowest BCUT2D eigenvalue weighted by Gasteiger charge is -2.12. The predicted octanol–water partition coefficient (Wildman–Crippen LogP) is 5.00. The molecule has 1 saturated heterocycles. The van der Waals surface area contributed by atoms with Gasteiger partial charge in [0.25, 0.3) is 11.6 Å². The zero-order chi connectivity index (χ0) is 22.5. The molecular formula is C23H18N4O4S. The summed E-state index contributed by atoms with van der Waals surface area (Å²) in [5.74, 6) is 0.328. The highest BCUT2D eigenvalue weighted by molar-refractivity contribution is 8.18. The van der Waals surface area contributed by atoms with Crippen LogP contribution in [0.3, 0.4) is 0 Å². The molecule has 0 spiro atoms. The molecule has 1 amide bonds. The van der Waals surface area contributed by atoms with E-state index in [4.69, 9.17) is 4.42 Å². The minimum Gasteiger partial charge on any atom is -0.467 e. The number of carbonyl (C=O) groups is 1. The zero-order valence-corrected chi connectivity index (χ0v) is 17.9. The molecule has 32 heavy (non-hydrogen) atoms. The lowest BCUT2D eigenvalue weighted by atomic mass is 10.1. The quantitative estimate of drug-likeness (QED) is 0.229. The van der Waals surface area contributed by atoms with Crippen molar-refractivity contribution in [2.75, 3.05) is 0 Å². The van der Waals surface area contributed by atoms with Crippen LogP contribution >= 0.6 is 11.8 Å². The second kappa shape index (κ2) is 9.44. The van der Waals surface area contributed by atoms with E-state index in [1.807, 2.05) is 31.2 Å². The van der Waals surface area contributed by atoms with Crippen LogP contribution in [0.1, 0.15) is 22.5 Å². The van der Waals surface area contributed by atoms with Crippen LogP contribution in [0.15, 0.2) is 86.5 Å². The smallest absolute Gasteiger partial charge is 0.270 e. The van der Waals surface area contributed by atoms with Crippen LogP contribution < -0.4 is 0 Å². The summed E-state index contributed by atoms with van der Waals surface area (Å²) in [4.78, 5) is 25.5. The van der Waals surface area contributed by atoms with Crippen LogP contribution in [0, 0.1) is 17.0 Å². The summed E-state index contributed by atoms with van der Waals surface area (Å²) < 4.78 is 5.39. The molecule has 1 fully saturated rings. The number of non-ortho nitro benzene ring substituents is 1. The summed E-state index contributed by atoms with van der Waals surface area (Å²) >= 11 is 1.16. The molecule has 3 aromatic rings. The number of nitrogens with zero attached hydrogens (tertiary/aromatic N) is 4. The average molecular weight is 446 g/mol. The maximum atomic E-state index is 13.1. The summed E-state index contributed by atoms with van der Waals surface area (Å²) in [7, 11) is 0. The number of hydrogen-bond acceptors (Lipinski definition) is 7. The first kappa shape index (κ1) is 21.3. The molecule has 0 aliphatic carbocycles. The third kappa shape index (κ3) is 4.84. The molecule has 0 saturated carbocycles. The number of benzene rings is 2. The molecule has 9 heteroatoms. The Morgan fingerprint density at radius 3 is 2.75 bits per heavy atom. The minimum atomic E-state index is -0.470. The van der Waals surface area contributed by atoms with Crippen molar-refractivity contribution in [1.82, 2.24) is 4.90 Å². The number of thioether (sulfide) groups is 1. The van der Waals surface area contributed by atoms with Crippen molar-refractivity contribution in [3.63, 3.8) is 0 Å². The van der Waals surface area contributed by atoms with E-state index in [1.54, 1.807) is 36.6 Å². The van der Waals surface area contributed by atoms with Crippen molar-refractivity contribution in [2.45, 2.75) is 13.5 Å². The molecule has 0 radical (unpaired) electrons.